The summed E-state index contributed by atoms with van der Waals surface area (Å²) in [5, 5.41) is 0. The van der Waals surface area contributed by atoms with Crippen LogP contribution in [0.2, 0.25) is 0 Å². The summed E-state index contributed by atoms with van der Waals surface area (Å²) in [5.74, 6) is 0.190. The van der Waals surface area contributed by atoms with E-state index in [0.717, 1.165) is 16.7 Å². The lowest BCUT2D eigenvalue weighted by Gasteiger charge is -2.03. The van der Waals surface area contributed by atoms with Gasteiger partial charge in [-0.25, -0.2) is 0 Å². The normalized spacial score (nSPS) is 10.7. The molecule has 0 heterocycles. The summed E-state index contributed by atoms with van der Waals surface area (Å²) < 4.78 is 0. The van der Waals surface area contributed by atoms with Crippen LogP contribution in [-0.2, 0) is 11.2 Å². The molecule has 0 aliphatic carbocycles. The molecule has 2 rings (SSSR count). The van der Waals surface area contributed by atoms with Gasteiger partial charge < -0.3 is 0 Å². The molecule has 0 spiro atoms. The van der Waals surface area contributed by atoms with Crippen LogP contribution in [0, 0.1) is 0 Å². The summed E-state index contributed by atoms with van der Waals surface area (Å²) in [6, 6.07) is 18.2. The fourth-order valence-corrected chi connectivity index (χ4v) is 1.88. The minimum atomic E-state index is 0.190. The van der Waals surface area contributed by atoms with Crippen molar-refractivity contribution >= 4 is 17.9 Å². The number of Topliss-reactive ketones (excluding diaryl/α,β-unsaturated/α-hetero) is 1. The topological polar surface area (TPSA) is 17.1 Å². The lowest BCUT2D eigenvalue weighted by molar-refractivity contribution is -0.116. The van der Waals surface area contributed by atoms with Gasteiger partial charge in [0, 0.05) is 6.42 Å². The van der Waals surface area contributed by atoms with E-state index in [2.05, 4.69) is 24.3 Å². The van der Waals surface area contributed by atoms with Gasteiger partial charge in [-0.3, -0.25) is 4.79 Å². The van der Waals surface area contributed by atoms with Crippen LogP contribution in [0.3, 0.4) is 0 Å². The molecule has 0 unspecified atom stereocenters. The summed E-state index contributed by atoms with van der Waals surface area (Å²) in [5.41, 5.74) is 3.35. The predicted octanol–water partition coefficient (Wildman–Crippen LogP) is 3.99. The quantitative estimate of drug-likeness (QED) is 0.734. The van der Waals surface area contributed by atoms with Crippen molar-refractivity contribution in [3.8, 4) is 0 Å². The lowest BCUT2D eigenvalue weighted by Crippen LogP contribution is -1.98. The summed E-state index contributed by atoms with van der Waals surface area (Å²) in [6.07, 6.45) is 4.63. The van der Waals surface area contributed by atoms with E-state index in [1.807, 2.05) is 42.5 Å². The first-order valence-corrected chi connectivity index (χ1v) is 6.06. The fraction of sp³-hybridized carbons (Fsp3) is 0.118. The van der Waals surface area contributed by atoms with Crippen LogP contribution in [0.1, 0.15) is 23.6 Å². The molecule has 0 saturated heterocycles. The van der Waals surface area contributed by atoms with E-state index in [0.29, 0.717) is 6.42 Å². The number of ketones is 1. The van der Waals surface area contributed by atoms with E-state index < -0.39 is 0 Å². The maximum absolute atomic E-state index is 11.2. The van der Waals surface area contributed by atoms with Gasteiger partial charge in [0.05, 0.1) is 0 Å². The van der Waals surface area contributed by atoms with Crippen LogP contribution in [0.15, 0.2) is 54.6 Å². The SMILES string of the molecule is CC(=O)Cc1ccccc1C=Cc1ccccc1. The highest BCUT2D eigenvalue weighted by Gasteiger charge is 2.01. The molecule has 0 amide bonds. The van der Waals surface area contributed by atoms with Crippen molar-refractivity contribution in [1.82, 2.24) is 0 Å². The predicted molar refractivity (Wildman–Crippen MR) is 76.2 cm³/mol. The zero-order valence-electron chi connectivity index (χ0n) is 10.5. The Bertz CT molecular complexity index is 553. The number of benzene rings is 2. The highest BCUT2D eigenvalue weighted by molar-refractivity contribution is 5.80. The Morgan fingerprint density at radius 3 is 2.33 bits per heavy atom. The van der Waals surface area contributed by atoms with Crippen LogP contribution < -0.4 is 0 Å². The van der Waals surface area contributed by atoms with Gasteiger partial charge in [0.15, 0.2) is 0 Å². The second kappa shape index (κ2) is 5.97. The third-order valence-corrected chi connectivity index (χ3v) is 2.75. The first kappa shape index (κ1) is 12.3. The minimum Gasteiger partial charge on any atom is -0.300 e. The molecule has 0 bridgehead atoms. The van der Waals surface area contributed by atoms with Crippen molar-refractivity contribution in [2.24, 2.45) is 0 Å². The minimum absolute atomic E-state index is 0.190. The van der Waals surface area contributed by atoms with Crippen molar-refractivity contribution in [2.75, 3.05) is 0 Å². The third kappa shape index (κ3) is 3.42. The van der Waals surface area contributed by atoms with Crippen LogP contribution in [0.25, 0.3) is 12.2 Å². The second-order valence-electron chi connectivity index (χ2n) is 4.32. The summed E-state index contributed by atoms with van der Waals surface area (Å²) in [6.45, 7) is 1.62. The van der Waals surface area contributed by atoms with Crippen molar-refractivity contribution in [3.63, 3.8) is 0 Å². The molecule has 2 aromatic carbocycles. The van der Waals surface area contributed by atoms with Gasteiger partial charge in [0.25, 0.3) is 0 Å². The van der Waals surface area contributed by atoms with E-state index in [4.69, 9.17) is 0 Å². The molecule has 0 saturated carbocycles. The van der Waals surface area contributed by atoms with E-state index in [1.165, 1.54) is 0 Å². The van der Waals surface area contributed by atoms with Gasteiger partial charge in [0.2, 0.25) is 0 Å². The van der Waals surface area contributed by atoms with E-state index in [-0.39, 0.29) is 5.78 Å². The average molecular weight is 236 g/mol. The Morgan fingerprint density at radius 2 is 1.61 bits per heavy atom. The summed E-state index contributed by atoms with van der Waals surface area (Å²) in [4.78, 5) is 11.2. The molecule has 18 heavy (non-hydrogen) atoms. The number of rotatable bonds is 4. The fourth-order valence-electron chi connectivity index (χ4n) is 1.88. The Kier molecular flexibility index (Phi) is 4.08. The number of carbonyl (C=O) groups is 1. The molecule has 0 atom stereocenters. The van der Waals surface area contributed by atoms with Crippen molar-refractivity contribution in [2.45, 2.75) is 13.3 Å². The van der Waals surface area contributed by atoms with Gasteiger partial charge in [-0.05, 0) is 23.6 Å². The van der Waals surface area contributed by atoms with E-state index in [1.54, 1.807) is 6.92 Å². The Labute approximate surface area is 108 Å². The number of hydrogen-bond acceptors (Lipinski definition) is 1. The first-order chi connectivity index (χ1) is 8.75. The smallest absolute Gasteiger partial charge is 0.134 e. The largest absolute Gasteiger partial charge is 0.300 e. The molecule has 0 aromatic heterocycles. The van der Waals surface area contributed by atoms with Gasteiger partial charge in [0.1, 0.15) is 5.78 Å². The Morgan fingerprint density at radius 1 is 0.944 bits per heavy atom. The van der Waals surface area contributed by atoms with Crippen LogP contribution in [-0.4, -0.2) is 5.78 Å². The Balaban J connectivity index is 2.23. The van der Waals surface area contributed by atoms with Crippen LogP contribution in [0.5, 0.6) is 0 Å². The monoisotopic (exact) mass is 236 g/mol. The number of hydrogen-bond donors (Lipinski definition) is 0. The third-order valence-electron chi connectivity index (χ3n) is 2.75. The zero-order valence-corrected chi connectivity index (χ0v) is 10.5. The van der Waals surface area contributed by atoms with Crippen LogP contribution in [0.4, 0.5) is 0 Å². The highest BCUT2D eigenvalue weighted by Crippen LogP contribution is 2.14. The molecule has 90 valence electrons. The molecule has 0 fully saturated rings. The molecule has 0 aliphatic heterocycles. The first-order valence-electron chi connectivity index (χ1n) is 6.06. The summed E-state index contributed by atoms with van der Waals surface area (Å²) in [7, 11) is 0. The highest BCUT2D eigenvalue weighted by atomic mass is 16.1. The number of carbonyl (C=O) groups excluding carboxylic acids is 1. The molecule has 0 aliphatic rings. The maximum atomic E-state index is 11.2. The Hall–Kier alpha value is -2.15. The average Bonchev–Trinajstić information content (AvgIpc) is 2.38. The second-order valence-corrected chi connectivity index (χ2v) is 4.32. The van der Waals surface area contributed by atoms with E-state index >= 15 is 0 Å². The maximum Gasteiger partial charge on any atom is 0.134 e. The van der Waals surface area contributed by atoms with Gasteiger partial charge in [-0.2, -0.15) is 0 Å². The molecule has 1 nitrogen and oxygen atoms in total. The molecule has 0 radical (unpaired) electrons. The molecule has 2 aromatic rings. The van der Waals surface area contributed by atoms with Crippen molar-refractivity contribution in [1.29, 1.82) is 0 Å². The molecule has 0 N–H and O–H groups in total. The standard InChI is InChI=1S/C17H16O/c1-14(18)13-17-10-6-5-9-16(17)12-11-15-7-3-2-4-8-15/h2-12H,13H2,1H3. The van der Waals surface area contributed by atoms with Crippen molar-refractivity contribution in [3.05, 3.63) is 71.3 Å². The lowest BCUT2D eigenvalue weighted by atomic mass is 10.0. The van der Waals surface area contributed by atoms with Gasteiger partial charge >= 0.3 is 0 Å². The van der Waals surface area contributed by atoms with Crippen LogP contribution >= 0.6 is 0 Å². The van der Waals surface area contributed by atoms with E-state index in [9.17, 15) is 4.79 Å². The molecular formula is C17H16O. The summed E-state index contributed by atoms with van der Waals surface area (Å²) >= 11 is 0. The molecule has 1 heteroatoms. The van der Waals surface area contributed by atoms with Gasteiger partial charge in [-0.15, -0.1) is 0 Å². The zero-order chi connectivity index (χ0) is 12.8. The van der Waals surface area contributed by atoms with Gasteiger partial charge in [-0.1, -0.05) is 66.7 Å². The molecular weight excluding hydrogens is 220 g/mol. The van der Waals surface area contributed by atoms with Crippen molar-refractivity contribution < 1.29 is 4.79 Å².